The van der Waals surface area contributed by atoms with E-state index < -0.39 is 0 Å². The Kier molecular flexibility index (Phi) is 5.62. The van der Waals surface area contributed by atoms with Crippen LogP contribution in [-0.4, -0.2) is 50.0 Å². The Morgan fingerprint density at radius 3 is 2.61 bits per heavy atom. The minimum absolute atomic E-state index is 0.0681. The van der Waals surface area contributed by atoms with Crippen LogP contribution in [0.2, 0.25) is 0 Å². The first-order valence-electron chi connectivity index (χ1n) is 9.51. The van der Waals surface area contributed by atoms with Crippen LogP contribution < -0.4 is 15.0 Å². The van der Waals surface area contributed by atoms with Crippen molar-refractivity contribution in [3.63, 3.8) is 0 Å². The van der Waals surface area contributed by atoms with Gasteiger partial charge in [-0.2, -0.15) is 0 Å². The van der Waals surface area contributed by atoms with Crippen LogP contribution in [0.4, 0.5) is 14.9 Å². The Balaban J connectivity index is 1.35. The van der Waals surface area contributed by atoms with Gasteiger partial charge in [0.25, 0.3) is 0 Å². The van der Waals surface area contributed by atoms with Crippen LogP contribution in [0, 0.1) is 5.82 Å². The van der Waals surface area contributed by atoms with Crippen LogP contribution in [0.5, 0.6) is 5.75 Å². The lowest BCUT2D eigenvalue weighted by Gasteiger charge is -2.37. The van der Waals surface area contributed by atoms with Gasteiger partial charge in [-0.1, -0.05) is 0 Å². The average Bonchev–Trinajstić information content (AvgIpc) is 2.74. The van der Waals surface area contributed by atoms with Crippen molar-refractivity contribution < 1.29 is 13.9 Å². The number of hydrogen-bond acceptors (Lipinski definition) is 4. The van der Waals surface area contributed by atoms with Crippen molar-refractivity contribution in [2.75, 3.05) is 43.9 Å². The van der Waals surface area contributed by atoms with Crippen molar-refractivity contribution in [2.45, 2.75) is 17.4 Å². The molecule has 2 aliphatic rings. The maximum absolute atomic E-state index is 13.7. The fourth-order valence-corrected chi connectivity index (χ4v) is 4.82. The zero-order valence-electron chi connectivity index (χ0n) is 15.9. The van der Waals surface area contributed by atoms with E-state index in [-0.39, 0.29) is 17.9 Å². The van der Waals surface area contributed by atoms with E-state index in [0.29, 0.717) is 13.1 Å². The van der Waals surface area contributed by atoms with Crippen LogP contribution >= 0.6 is 11.8 Å². The average molecular weight is 402 g/mol. The molecule has 1 unspecified atom stereocenters. The van der Waals surface area contributed by atoms with E-state index in [0.717, 1.165) is 47.2 Å². The van der Waals surface area contributed by atoms with E-state index in [1.54, 1.807) is 31.0 Å². The highest BCUT2D eigenvalue weighted by atomic mass is 32.2. The first-order valence-corrected chi connectivity index (χ1v) is 10.5. The van der Waals surface area contributed by atoms with Gasteiger partial charge in [-0.15, -0.1) is 11.8 Å². The molecule has 148 valence electrons. The zero-order chi connectivity index (χ0) is 19.5. The topological polar surface area (TPSA) is 44.8 Å². The highest BCUT2D eigenvalue weighted by molar-refractivity contribution is 7.99. The number of nitrogens with one attached hydrogen (secondary N) is 1. The van der Waals surface area contributed by atoms with Gasteiger partial charge < -0.3 is 19.9 Å². The van der Waals surface area contributed by atoms with Crippen molar-refractivity contribution in [3.8, 4) is 5.75 Å². The van der Waals surface area contributed by atoms with Gasteiger partial charge in [0.15, 0.2) is 0 Å². The molecule has 0 bridgehead atoms. The fourth-order valence-electron chi connectivity index (χ4n) is 3.72. The number of methoxy groups -OCH3 is 1. The molecule has 28 heavy (non-hydrogen) atoms. The number of amides is 2. The molecule has 4 rings (SSSR count). The number of fused-ring (bicyclic) bond motifs is 1. The minimum Gasteiger partial charge on any atom is -0.497 e. The first kappa shape index (κ1) is 18.9. The number of thioether (sulfide) groups is 1. The largest absolute Gasteiger partial charge is 0.497 e. The third-order valence-corrected chi connectivity index (χ3v) is 6.44. The Morgan fingerprint density at radius 2 is 1.89 bits per heavy atom. The molecule has 0 spiro atoms. The summed E-state index contributed by atoms with van der Waals surface area (Å²) < 4.78 is 18.9. The predicted molar refractivity (Wildman–Crippen MR) is 110 cm³/mol. The molecule has 7 heteroatoms. The van der Waals surface area contributed by atoms with E-state index in [1.807, 2.05) is 29.2 Å². The Hall–Kier alpha value is -2.41. The zero-order valence-corrected chi connectivity index (χ0v) is 16.7. The monoisotopic (exact) mass is 401 g/mol. The van der Waals surface area contributed by atoms with E-state index in [2.05, 4.69) is 10.2 Å². The second-order valence-corrected chi connectivity index (χ2v) is 8.13. The molecule has 1 N–H and O–H groups in total. The number of benzene rings is 2. The number of piperazine rings is 1. The van der Waals surface area contributed by atoms with E-state index in [1.165, 1.54) is 6.07 Å². The maximum atomic E-state index is 13.7. The molecule has 1 fully saturated rings. The predicted octanol–water partition coefficient (Wildman–Crippen LogP) is 3.90. The summed E-state index contributed by atoms with van der Waals surface area (Å²) >= 11 is 1.72. The summed E-state index contributed by atoms with van der Waals surface area (Å²) in [6.45, 7) is 2.89. The summed E-state index contributed by atoms with van der Waals surface area (Å²) in [6.07, 6.45) is 0.818. The summed E-state index contributed by atoms with van der Waals surface area (Å²) in [5.74, 6) is 1.51. The van der Waals surface area contributed by atoms with Gasteiger partial charge in [-0.25, -0.2) is 9.18 Å². The molecule has 5 nitrogen and oxygen atoms in total. The molecule has 0 aromatic heterocycles. The second kappa shape index (κ2) is 8.31. The van der Waals surface area contributed by atoms with Crippen molar-refractivity contribution in [1.82, 2.24) is 10.2 Å². The van der Waals surface area contributed by atoms with Gasteiger partial charge in [0.2, 0.25) is 0 Å². The molecule has 2 amide bonds. The number of hydrogen-bond donors (Lipinski definition) is 1. The van der Waals surface area contributed by atoms with Crippen LogP contribution in [0.25, 0.3) is 0 Å². The van der Waals surface area contributed by atoms with Crippen molar-refractivity contribution >= 4 is 23.5 Å². The number of nitrogens with zero attached hydrogens (tertiary/aromatic N) is 2. The van der Waals surface area contributed by atoms with Gasteiger partial charge >= 0.3 is 6.03 Å². The molecule has 2 aromatic rings. The summed E-state index contributed by atoms with van der Waals surface area (Å²) in [5.41, 5.74) is 2.02. The van der Waals surface area contributed by atoms with Gasteiger partial charge in [-0.3, -0.25) is 0 Å². The van der Waals surface area contributed by atoms with Crippen molar-refractivity contribution in [3.05, 3.63) is 53.8 Å². The van der Waals surface area contributed by atoms with E-state index in [9.17, 15) is 9.18 Å². The standard InChI is InChI=1S/C21H24FN3O2S/c1-27-17-5-3-16(4-6-17)24-9-11-25(12-10-24)21(26)23-19-8-13-28-20-7-2-15(22)14-18(19)20/h2-7,14,19H,8-13H2,1H3,(H,23,26). The molecular formula is C21H24FN3O2S. The first-order chi connectivity index (χ1) is 13.6. The van der Waals surface area contributed by atoms with E-state index >= 15 is 0 Å². The Labute approximate surface area is 168 Å². The Bertz CT molecular complexity index is 838. The highest BCUT2D eigenvalue weighted by Crippen LogP contribution is 2.36. The van der Waals surface area contributed by atoms with Crippen LogP contribution in [0.1, 0.15) is 18.0 Å². The number of carbonyl (C=O) groups is 1. The second-order valence-electron chi connectivity index (χ2n) is 6.99. The fraction of sp³-hybridized carbons (Fsp3) is 0.381. The normalized spacial score (nSPS) is 19.1. The quantitative estimate of drug-likeness (QED) is 0.847. The number of ether oxygens (including phenoxy) is 1. The lowest BCUT2D eigenvalue weighted by molar-refractivity contribution is 0.189. The van der Waals surface area contributed by atoms with Gasteiger partial charge in [-0.05, 0) is 54.4 Å². The molecule has 1 saturated heterocycles. The summed E-state index contributed by atoms with van der Waals surface area (Å²) in [7, 11) is 1.66. The summed E-state index contributed by atoms with van der Waals surface area (Å²) in [5, 5.41) is 3.11. The molecule has 2 aromatic carbocycles. The van der Waals surface area contributed by atoms with Crippen LogP contribution in [-0.2, 0) is 0 Å². The van der Waals surface area contributed by atoms with Gasteiger partial charge in [0.1, 0.15) is 11.6 Å². The third kappa shape index (κ3) is 4.04. The summed E-state index contributed by atoms with van der Waals surface area (Å²) in [4.78, 5) is 17.9. The molecule has 0 radical (unpaired) electrons. The van der Waals surface area contributed by atoms with Crippen molar-refractivity contribution in [2.24, 2.45) is 0 Å². The number of urea groups is 1. The number of rotatable bonds is 3. The minimum atomic E-state index is -0.256. The number of anilines is 1. The number of halogens is 1. The maximum Gasteiger partial charge on any atom is 0.318 e. The number of carbonyl (C=O) groups excluding carboxylic acids is 1. The summed E-state index contributed by atoms with van der Waals surface area (Å²) in [6, 6.07) is 12.6. The lowest BCUT2D eigenvalue weighted by atomic mass is 10.0. The smallest absolute Gasteiger partial charge is 0.318 e. The molecule has 2 heterocycles. The van der Waals surface area contributed by atoms with E-state index in [4.69, 9.17) is 4.74 Å². The molecule has 0 saturated carbocycles. The third-order valence-electron chi connectivity index (χ3n) is 5.31. The van der Waals surface area contributed by atoms with Crippen LogP contribution in [0.3, 0.4) is 0 Å². The van der Waals surface area contributed by atoms with Gasteiger partial charge in [0.05, 0.1) is 13.2 Å². The van der Waals surface area contributed by atoms with Crippen molar-refractivity contribution in [1.29, 1.82) is 0 Å². The molecule has 2 aliphatic heterocycles. The van der Waals surface area contributed by atoms with Crippen LogP contribution in [0.15, 0.2) is 47.4 Å². The SMILES string of the molecule is COc1ccc(N2CCN(C(=O)NC3CCSc4ccc(F)cc43)CC2)cc1. The molecular weight excluding hydrogens is 377 g/mol. The molecule has 0 aliphatic carbocycles. The van der Waals surface area contributed by atoms with Gasteiger partial charge in [0, 0.05) is 42.5 Å². The highest BCUT2D eigenvalue weighted by Gasteiger charge is 2.27. The Morgan fingerprint density at radius 1 is 1.14 bits per heavy atom. The molecule has 1 atom stereocenters. The lowest BCUT2D eigenvalue weighted by Crippen LogP contribution is -2.52.